The van der Waals surface area contributed by atoms with Crippen LogP contribution in [0.4, 0.5) is 5.82 Å². The maximum Gasteiger partial charge on any atom is 0.207 e. The van der Waals surface area contributed by atoms with E-state index in [1.807, 2.05) is 44.4 Å². The zero-order valence-electron chi connectivity index (χ0n) is 12.3. The number of aryl methyl sites for hydroxylation is 2. The monoisotopic (exact) mass is 299 g/mol. The lowest BCUT2D eigenvalue weighted by atomic mass is 10.1. The molecule has 0 aliphatic rings. The molecule has 2 aromatic heterocycles. The van der Waals surface area contributed by atoms with E-state index in [1.165, 1.54) is 11.8 Å². The lowest BCUT2D eigenvalue weighted by Crippen LogP contribution is -2.05. The van der Waals surface area contributed by atoms with Gasteiger partial charge in [0.1, 0.15) is 11.5 Å². The molecule has 21 heavy (non-hydrogen) atoms. The van der Waals surface area contributed by atoms with E-state index in [-0.39, 0.29) is 5.78 Å². The molecule has 0 unspecified atom stereocenters. The predicted octanol–water partition coefficient (Wildman–Crippen LogP) is 3.59. The van der Waals surface area contributed by atoms with Gasteiger partial charge in [0.2, 0.25) is 5.78 Å². The molecule has 0 aliphatic carbocycles. The highest BCUT2D eigenvalue weighted by Crippen LogP contribution is 2.17. The molecule has 2 heterocycles. The van der Waals surface area contributed by atoms with E-state index in [0.717, 1.165) is 22.0 Å². The molecule has 0 atom stereocenters. The Morgan fingerprint density at radius 2 is 2.05 bits per heavy atom. The van der Waals surface area contributed by atoms with Crippen LogP contribution in [0.5, 0.6) is 0 Å². The molecule has 2 rings (SSSR count). The van der Waals surface area contributed by atoms with Gasteiger partial charge in [0, 0.05) is 18.5 Å². The molecule has 0 radical (unpaired) electrons. The summed E-state index contributed by atoms with van der Waals surface area (Å²) in [6.45, 7) is 3.88. The number of pyridine rings is 2. The molecule has 4 nitrogen and oxygen atoms in total. The number of thioether (sulfide) groups is 1. The third-order valence-electron chi connectivity index (χ3n) is 2.89. The molecule has 0 saturated heterocycles. The molecule has 0 saturated carbocycles. The van der Waals surface area contributed by atoms with Crippen molar-refractivity contribution in [3.63, 3.8) is 0 Å². The standard InChI is InChI=1S/C16H17N3OS/c1-11-6-8-17-14(9-11)19-15(21-3)10-13(20)16-12(2)5-4-7-18-16/h4-10H,1-3H3,(H,17,19)/b15-10+. The van der Waals surface area contributed by atoms with Crippen LogP contribution in [0.1, 0.15) is 21.6 Å². The minimum absolute atomic E-state index is 0.113. The number of ketones is 1. The number of rotatable bonds is 5. The number of hydrogen-bond donors (Lipinski definition) is 1. The zero-order valence-corrected chi connectivity index (χ0v) is 13.1. The van der Waals surface area contributed by atoms with Gasteiger partial charge in [-0.05, 0) is 49.4 Å². The van der Waals surface area contributed by atoms with Gasteiger partial charge in [-0.15, -0.1) is 11.8 Å². The van der Waals surface area contributed by atoms with E-state index in [4.69, 9.17) is 0 Å². The predicted molar refractivity (Wildman–Crippen MR) is 87.5 cm³/mol. The summed E-state index contributed by atoms with van der Waals surface area (Å²) in [5.41, 5.74) is 2.45. The topological polar surface area (TPSA) is 54.9 Å². The molecule has 0 aromatic carbocycles. The summed E-state index contributed by atoms with van der Waals surface area (Å²) in [4.78, 5) is 20.7. The van der Waals surface area contributed by atoms with Crippen molar-refractivity contribution in [1.29, 1.82) is 0 Å². The van der Waals surface area contributed by atoms with Gasteiger partial charge in [-0.3, -0.25) is 9.78 Å². The summed E-state index contributed by atoms with van der Waals surface area (Å²) < 4.78 is 0. The van der Waals surface area contributed by atoms with Crippen molar-refractivity contribution in [3.05, 3.63) is 64.6 Å². The van der Waals surface area contributed by atoms with Crippen molar-refractivity contribution in [2.24, 2.45) is 0 Å². The molecule has 0 aliphatic heterocycles. The Labute approximate surface area is 128 Å². The summed E-state index contributed by atoms with van der Waals surface area (Å²) in [5, 5.41) is 3.89. The molecule has 108 valence electrons. The first-order valence-electron chi connectivity index (χ1n) is 6.51. The fraction of sp³-hybridized carbons (Fsp3) is 0.188. The van der Waals surface area contributed by atoms with Gasteiger partial charge in [0.15, 0.2) is 0 Å². The SMILES string of the molecule is CS/C(=C/C(=O)c1ncccc1C)Nc1cc(C)ccn1. The van der Waals surface area contributed by atoms with E-state index in [2.05, 4.69) is 15.3 Å². The number of anilines is 1. The number of aromatic nitrogens is 2. The summed E-state index contributed by atoms with van der Waals surface area (Å²) in [6, 6.07) is 7.55. The van der Waals surface area contributed by atoms with Gasteiger partial charge in [0.05, 0.1) is 5.03 Å². The minimum Gasteiger partial charge on any atom is -0.335 e. The van der Waals surface area contributed by atoms with Crippen LogP contribution < -0.4 is 5.32 Å². The third kappa shape index (κ3) is 4.16. The fourth-order valence-corrected chi connectivity index (χ4v) is 2.24. The molecule has 5 heteroatoms. The van der Waals surface area contributed by atoms with E-state index in [1.54, 1.807) is 18.5 Å². The molecule has 2 aromatic rings. The van der Waals surface area contributed by atoms with Gasteiger partial charge in [0.25, 0.3) is 0 Å². The molecule has 0 fully saturated rings. The maximum atomic E-state index is 12.3. The van der Waals surface area contributed by atoms with E-state index in [9.17, 15) is 4.79 Å². The summed E-state index contributed by atoms with van der Waals surface area (Å²) in [7, 11) is 0. The first-order valence-corrected chi connectivity index (χ1v) is 7.74. The molecule has 0 bridgehead atoms. The Morgan fingerprint density at radius 1 is 1.24 bits per heavy atom. The number of carbonyl (C=O) groups excluding carboxylic acids is 1. The van der Waals surface area contributed by atoms with Crippen LogP contribution >= 0.6 is 11.8 Å². The Kier molecular flexibility index (Phi) is 5.11. The quantitative estimate of drug-likeness (QED) is 0.675. The maximum absolute atomic E-state index is 12.3. The van der Waals surface area contributed by atoms with Crippen LogP contribution in [-0.4, -0.2) is 22.0 Å². The van der Waals surface area contributed by atoms with Crippen LogP contribution in [0, 0.1) is 13.8 Å². The van der Waals surface area contributed by atoms with Gasteiger partial charge in [-0.2, -0.15) is 0 Å². The molecule has 1 N–H and O–H groups in total. The molecular formula is C16H17N3OS. The molecule has 0 amide bonds. The van der Waals surface area contributed by atoms with Crippen LogP contribution in [0.2, 0.25) is 0 Å². The average molecular weight is 299 g/mol. The molecular weight excluding hydrogens is 282 g/mol. The van der Waals surface area contributed by atoms with Crippen LogP contribution in [0.3, 0.4) is 0 Å². The average Bonchev–Trinajstić information content (AvgIpc) is 2.47. The fourth-order valence-electron chi connectivity index (χ4n) is 1.81. The number of nitrogens with one attached hydrogen (secondary N) is 1. The Hall–Kier alpha value is -2.14. The molecule has 0 spiro atoms. The highest BCUT2D eigenvalue weighted by molar-refractivity contribution is 8.02. The van der Waals surface area contributed by atoms with Gasteiger partial charge >= 0.3 is 0 Å². The Morgan fingerprint density at radius 3 is 2.71 bits per heavy atom. The van der Waals surface area contributed by atoms with Crippen molar-refractivity contribution >= 4 is 23.4 Å². The Bertz CT molecular complexity index is 683. The highest BCUT2D eigenvalue weighted by Gasteiger charge is 2.09. The van der Waals surface area contributed by atoms with Crippen molar-refractivity contribution < 1.29 is 4.79 Å². The van der Waals surface area contributed by atoms with Crippen LogP contribution in [-0.2, 0) is 0 Å². The van der Waals surface area contributed by atoms with E-state index >= 15 is 0 Å². The van der Waals surface area contributed by atoms with Gasteiger partial charge < -0.3 is 5.32 Å². The van der Waals surface area contributed by atoms with Crippen LogP contribution in [0.15, 0.2) is 47.8 Å². The second-order valence-electron chi connectivity index (χ2n) is 4.59. The van der Waals surface area contributed by atoms with Gasteiger partial charge in [-0.25, -0.2) is 4.98 Å². The number of allylic oxidation sites excluding steroid dienone is 1. The van der Waals surface area contributed by atoms with E-state index in [0.29, 0.717) is 5.69 Å². The normalized spacial score (nSPS) is 11.3. The lowest BCUT2D eigenvalue weighted by molar-refractivity contribution is 0.104. The highest BCUT2D eigenvalue weighted by atomic mass is 32.2. The van der Waals surface area contributed by atoms with Crippen molar-refractivity contribution in [2.75, 3.05) is 11.6 Å². The summed E-state index contributed by atoms with van der Waals surface area (Å²) in [5.74, 6) is 0.610. The van der Waals surface area contributed by atoms with Gasteiger partial charge in [-0.1, -0.05) is 6.07 Å². The summed E-state index contributed by atoms with van der Waals surface area (Å²) >= 11 is 1.46. The minimum atomic E-state index is -0.113. The third-order valence-corrected chi connectivity index (χ3v) is 3.55. The lowest BCUT2D eigenvalue weighted by Gasteiger charge is -2.08. The summed E-state index contributed by atoms with van der Waals surface area (Å²) in [6.07, 6.45) is 6.83. The Balaban J connectivity index is 2.21. The number of nitrogens with zero attached hydrogens (tertiary/aromatic N) is 2. The van der Waals surface area contributed by atoms with Crippen molar-refractivity contribution in [3.8, 4) is 0 Å². The number of hydrogen-bond acceptors (Lipinski definition) is 5. The zero-order chi connectivity index (χ0) is 15.2. The smallest absolute Gasteiger partial charge is 0.207 e. The second-order valence-corrected chi connectivity index (χ2v) is 5.44. The van der Waals surface area contributed by atoms with Crippen molar-refractivity contribution in [1.82, 2.24) is 9.97 Å². The van der Waals surface area contributed by atoms with Crippen molar-refractivity contribution in [2.45, 2.75) is 13.8 Å². The largest absolute Gasteiger partial charge is 0.335 e. The first kappa shape index (κ1) is 15.3. The number of carbonyl (C=O) groups is 1. The first-order chi connectivity index (χ1) is 10.1. The van der Waals surface area contributed by atoms with E-state index < -0.39 is 0 Å². The second kappa shape index (κ2) is 7.04. The van der Waals surface area contributed by atoms with Crippen LogP contribution in [0.25, 0.3) is 0 Å².